The fourth-order valence-corrected chi connectivity index (χ4v) is 2.76. The summed E-state index contributed by atoms with van der Waals surface area (Å²) in [5.41, 5.74) is 0.407. The summed E-state index contributed by atoms with van der Waals surface area (Å²) >= 11 is 0. The van der Waals surface area contributed by atoms with Gasteiger partial charge in [0.25, 0.3) is 5.91 Å². The minimum Gasteiger partial charge on any atom is -0.326 e. The fraction of sp³-hybridized carbons (Fsp3) is 0.316. The van der Waals surface area contributed by atoms with Crippen molar-refractivity contribution in [2.24, 2.45) is 11.8 Å². The number of carbonyl (C=O) groups is 2. The van der Waals surface area contributed by atoms with Crippen LogP contribution in [0.5, 0.6) is 0 Å². The maximum absolute atomic E-state index is 13.0. The molecule has 5 nitrogen and oxygen atoms in total. The molecule has 1 saturated carbocycles. The van der Waals surface area contributed by atoms with Gasteiger partial charge in [-0.25, -0.2) is 4.98 Å². The monoisotopic (exact) mass is 377 g/mol. The number of nitrogens with one attached hydrogen (secondary N) is 1. The molecule has 27 heavy (non-hydrogen) atoms. The normalized spacial score (nSPS) is 18.7. The van der Waals surface area contributed by atoms with Crippen molar-refractivity contribution in [1.29, 1.82) is 0 Å². The predicted molar refractivity (Wildman–Crippen MR) is 94.3 cm³/mol. The highest BCUT2D eigenvalue weighted by atomic mass is 19.4. The zero-order chi connectivity index (χ0) is 19.6. The number of hydrogen-bond donors (Lipinski definition) is 1. The Labute approximate surface area is 154 Å². The van der Waals surface area contributed by atoms with E-state index in [2.05, 4.69) is 10.3 Å². The first-order valence-electron chi connectivity index (χ1n) is 8.45. The molecule has 142 valence electrons. The van der Waals surface area contributed by atoms with Gasteiger partial charge in [-0.05, 0) is 42.7 Å². The van der Waals surface area contributed by atoms with E-state index in [1.165, 1.54) is 36.5 Å². The smallest absolute Gasteiger partial charge is 0.326 e. The predicted octanol–water partition coefficient (Wildman–Crippen LogP) is 3.89. The number of halogens is 3. The molecule has 1 aromatic heterocycles. The first-order chi connectivity index (χ1) is 12.7. The Kier molecular flexibility index (Phi) is 5.16. The summed E-state index contributed by atoms with van der Waals surface area (Å²) in [4.78, 5) is 29.2. The molecule has 0 aliphatic heterocycles. The molecule has 2 aromatic rings. The lowest BCUT2D eigenvalue weighted by Crippen LogP contribution is -2.39. The Bertz CT molecular complexity index is 840. The van der Waals surface area contributed by atoms with Gasteiger partial charge in [-0.15, -0.1) is 0 Å². The van der Waals surface area contributed by atoms with E-state index in [1.807, 2.05) is 6.92 Å². The third-order valence-corrected chi connectivity index (χ3v) is 4.33. The van der Waals surface area contributed by atoms with Gasteiger partial charge in [-0.3, -0.25) is 14.5 Å². The molecule has 8 heteroatoms. The van der Waals surface area contributed by atoms with Crippen LogP contribution >= 0.6 is 0 Å². The van der Waals surface area contributed by atoms with Crippen LogP contribution in [0.4, 0.5) is 24.7 Å². The van der Waals surface area contributed by atoms with Crippen molar-refractivity contribution < 1.29 is 22.8 Å². The molecule has 1 fully saturated rings. The van der Waals surface area contributed by atoms with Crippen LogP contribution in [0.15, 0.2) is 48.7 Å². The summed E-state index contributed by atoms with van der Waals surface area (Å²) in [6.45, 7) is 0.505. The Balaban J connectivity index is 1.83. The molecular weight excluding hydrogens is 359 g/mol. The standard InChI is InChI=1S/C19H18F3N3O2/c1-12-9-15(12)17(26)24-14-6-4-5-13(10-14)18(27)25(11-19(20,21)22)16-7-2-3-8-23-16/h2-8,10,12,15H,9,11H2,1H3,(H,24,26)/t12-,15-/m0/s1. The summed E-state index contributed by atoms with van der Waals surface area (Å²) in [5, 5.41) is 2.71. The van der Waals surface area contributed by atoms with Crippen molar-refractivity contribution in [2.45, 2.75) is 19.5 Å². The number of alkyl halides is 3. The van der Waals surface area contributed by atoms with Crippen LogP contribution in [-0.2, 0) is 4.79 Å². The summed E-state index contributed by atoms with van der Waals surface area (Å²) in [7, 11) is 0. The molecule has 1 aromatic carbocycles. The van der Waals surface area contributed by atoms with E-state index in [9.17, 15) is 22.8 Å². The van der Waals surface area contributed by atoms with Crippen molar-refractivity contribution in [2.75, 3.05) is 16.8 Å². The molecule has 0 bridgehead atoms. The third-order valence-electron chi connectivity index (χ3n) is 4.33. The summed E-state index contributed by atoms with van der Waals surface area (Å²) in [6.07, 6.45) is -2.45. The Morgan fingerprint density at radius 1 is 1.22 bits per heavy atom. The van der Waals surface area contributed by atoms with Gasteiger partial charge in [0, 0.05) is 23.4 Å². The number of rotatable bonds is 5. The molecule has 0 unspecified atom stereocenters. The third kappa shape index (κ3) is 4.84. The van der Waals surface area contributed by atoms with Crippen LogP contribution in [0, 0.1) is 11.8 Å². The van der Waals surface area contributed by atoms with E-state index in [0.29, 0.717) is 16.5 Å². The zero-order valence-electron chi connectivity index (χ0n) is 14.5. The SMILES string of the molecule is C[C@H]1C[C@@H]1C(=O)Nc1cccc(C(=O)N(CC(F)(F)F)c2ccccn2)c1. The minimum absolute atomic E-state index is 0.0338. The molecule has 2 amide bonds. The second kappa shape index (κ2) is 7.38. The van der Waals surface area contributed by atoms with E-state index < -0.39 is 18.6 Å². The second-order valence-corrected chi connectivity index (χ2v) is 6.58. The van der Waals surface area contributed by atoms with Gasteiger partial charge in [0.1, 0.15) is 12.4 Å². The fourth-order valence-electron chi connectivity index (χ4n) is 2.76. The van der Waals surface area contributed by atoms with E-state index in [-0.39, 0.29) is 23.2 Å². The topological polar surface area (TPSA) is 62.3 Å². The molecule has 3 rings (SSSR count). The molecule has 0 spiro atoms. The molecule has 1 N–H and O–H groups in total. The lowest BCUT2D eigenvalue weighted by atomic mass is 10.1. The minimum atomic E-state index is -4.58. The van der Waals surface area contributed by atoms with Crippen LogP contribution in [0.3, 0.4) is 0 Å². The summed E-state index contributed by atoms with van der Waals surface area (Å²) < 4.78 is 38.9. The highest BCUT2D eigenvalue weighted by Crippen LogP contribution is 2.38. The van der Waals surface area contributed by atoms with Crippen LogP contribution in [0.25, 0.3) is 0 Å². The van der Waals surface area contributed by atoms with Gasteiger partial charge in [-0.1, -0.05) is 19.1 Å². The molecule has 0 radical (unpaired) electrons. The van der Waals surface area contributed by atoms with Crippen molar-refractivity contribution in [3.8, 4) is 0 Å². The summed E-state index contributed by atoms with van der Waals surface area (Å²) in [6, 6.07) is 10.3. The van der Waals surface area contributed by atoms with Crippen molar-refractivity contribution in [3.63, 3.8) is 0 Å². The van der Waals surface area contributed by atoms with Crippen LogP contribution in [0.1, 0.15) is 23.7 Å². The Morgan fingerprint density at radius 3 is 2.56 bits per heavy atom. The molecule has 1 aliphatic rings. The number of amides is 2. The van der Waals surface area contributed by atoms with Gasteiger partial charge in [0.05, 0.1) is 0 Å². The van der Waals surface area contributed by atoms with Gasteiger partial charge in [0.2, 0.25) is 5.91 Å². The zero-order valence-corrected chi connectivity index (χ0v) is 14.5. The molecule has 1 aliphatic carbocycles. The lowest BCUT2D eigenvalue weighted by Gasteiger charge is -2.23. The first kappa shape index (κ1) is 18.9. The average Bonchev–Trinajstić information content (AvgIpc) is 3.36. The largest absolute Gasteiger partial charge is 0.406 e. The van der Waals surface area contributed by atoms with Gasteiger partial charge in [-0.2, -0.15) is 13.2 Å². The first-order valence-corrected chi connectivity index (χ1v) is 8.45. The van der Waals surface area contributed by atoms with Crippen molar-refractivity contribution in [1.82, 2.24) is 4.98 Å². The molecule has 0 saturated heterocycles. The maximum atomic E-state index is 13.0. The number of aromatic nitrogens is 1. The van der Waals surface area contributed by atoms with E-state index in [1.54, 1.807) is 12.1 Å². The van der Waals surface area contributed by atoms with Crippen LogP contribution in [0.2, 0.25) is 0 Å². The highest BCUT2D eigenvalue weighted by molar-refractivity contribution is 6.06. The number of anilines is 2. The second-order valence-electron chi connectivity index (χ2n) is 6.58. The molecular formula is C19H18F3N3O2. The quantitative estimate of drug-likeness (QED) is 0.860. The number of carbonyl (C=O) groups excluding carboxylic acids is 2. The summed E-state index contributed by atoms with van der Waals surface area (Å²) in [5.74, 6) is -0.826. The number of hydrogen-bond acceptors (Lipinski definition) is 3. The van der Waals surface area contributed by atoms with Crippen LogP contribution < -0.4 is 10.2 Å². The van der Waals surface area contributed by atoms with E-state index >= 15 is 0 Å². The van der Waals surface area contributed by atoms with Gasteiger partial charge in [0.15, 0.2) is 0 Å². The van der Waals surface area contributed by atoms with Crippen molar-refractivity contribution in [3.05, 3.63) is 54.2 Å². The average molecular weight is 377 g/mol. The highest BCUT2D eigenvalue weighted by Gasteiger charge is 2.39. The number of nitrogens with zero attached hydrogens (tertiary/aromatic N) is 2. The van der Waals surface area contributed by atoms with Gasteiger partial charge >= 0.3 is 6.18 Å². The Hall–Kier alpha value is -2.90. The van der Waals surface area contributed by atoms with E-state index in [4.69, 9.17) is 0 Å². The number of benzene rings is 1. The van der Waals surface area contributed by atoms with Crippen molar-refractivity contribution >= 4 is 23.3 Å². The van der Waals surface area contributed by atoms with E-state index in [0.717, 1.165) is 6.42 Å². The lowest BCUT2D eigenvalue weighted by molar-refractivity contribution is -0.119. The van der Waals surface area contributed by atoms with Crippen LogP contribution in [-0.4, -0.2) is 29.5 Å². The molecule has 2 atom stereocenters. The Morgan fingerprint density at radius 2 is 1.96 bits per heavy atom. The maximum Gasteiger partial charge on any atom is 0.406 e. The molecule has 1 heterocycles. The number of pyridine rings is 1. The van der Waals surface area contributed by atoms with Gasteiger partial charge < -0.3 is 5.32 Å².